The molecule has 0 saturated heterocycles. The summed E-state index contributed by atoms with van der Waals surface area (Å²) < 4.78 is 46.5. The van der Waals surface area contributed by atoms with E-state index in [1.807, 2.05) is 0 Å². The average Bonchev–Trinajstić information content (AvgIpc) is 3.07. The number of anilines is 1. The van der Waals surface area contributed by atoms with Gasteiger partial charge in [-0.15, -0.1) is 21.8 Å². The van der Waals surface area contributed by atoms with Gasteiger partial charge in [-0.3, -0.25) is 4.72 Å². The van der Waals surface area contributed by atoms with Crippen LogP contribution in [-0.4, -0.2) is 18.6 Å². The van der Waals surface area contributed by atoms with E-state index in [0.29, 0.717) is 0 Å². The lowest BCUT2D eigenvalue weighted by Gasteiger charge is -2.11. The van der Waals surface area contributed by atoms with Crippen molar-refractivity contribution in [3.05, 3.63) is 59.2 Å². The molecule has 25 heavy (non-hydrogen) atoms. The smallest absolute Gasteiger partial charge is 0.261 e. The lowest BCUT2D eigenvalue weighted by atomic mass is 10.2. The van der Waals surface area contributed by atoms with Crippen LogP contribution in [0.4, 0.5) is 10.1 Å². The van der Waals surface area contributed by atoms with Crippen molar-refractivity contribution in [3.63, 3.8) is 0 Å². The standard InChI is InChI=1S/C15H10Cl2FN3O3S/c16-8-14-19-20-15(24-14)10-6-11(17)12(18)7-13(10)21-25(22,23)9-4-2-1-3-5-9/h1-7,21H,8H2. The highest BCUT2D eigenvalue weighted by atomic mass is 35.5. The Kier molecular flexibility index (Phi) is 4.94. The van der Waals surface area contributed by atoms with Crippen molar-refractivity contribution in [3.8, 4) is 11.5 Å². The molecule has 0 radical (unpaired) electrons. The van der Waals surface area contributed by atoms with Gasteiger partial charge in [0.1, 0.15) is 11.7 Å². The first-order valence-corrected chi connectivity index (χ1v) is 9.26. The maximum atomic E-state index is 13.9. The molecule has 10 heteroatoms. The van der Waals surface area contributed by atoms with Crippen LogP contribution in [0, 0.1) is 5.82 Å². The minimum Gasteiger partial charge on any atom is -0.419 e. The van der Waals surface area contributed by atoms with Crippen LogP contribution < -0.4 is 4.72 Å². The fraction of sp³-hybridized carbons (Fsp3) is 0.0667. The Morgan fingerprint density at radius 2 is 1.88 bits per heavy atom. The molecule has 0 fully saturated rings. The Balaban J connectivity index is 2.08. The van der Waals surface area contributed by atoms with Gasteiger partial charge in [0.05, 0.1) is 21.2 Å². The van der Waals surface area contributed by atoms with Gasteiger partial charge in [-0.25, -0.2) is 12.8 Å². The Morgan fingerprint density at radius 3 is 2.52 bits per heavy atom. The summed E-state index contributed by atoms with van der Waals surface area (Å²) >= 11 is 11.4. The maximum Gasteiger partial charge on any atom is 0.261 e. The number of rotatable bonds is 5. The summed E-state index contributed by atoms with van der Waals surface area (Å²) in [4.78, 5) is 0.0169. The summed E-state index contributed by atoms with van der Waals surface area (Å²) in [5.74, 6) is -0.724. The van der Waals surface area contributed by atoms with Crippen LogP contribution in [0.2, 0.25) is 5.02 Å². The highest BCUT2D eigenvalue weighted by molar-refractivity contribution is 7.92. The zero-order valence-electron chi connectivity index (χ0n) is 12.4. The quantitative estimate of drug-likeness (QED) is 0.651. The van der Waals surface area contributed by atoms with Crippen LogP contribution in [-0.2, 0) is 15.9 Å². The van der Waals surface area contributed by atoms with Crippen molar-refractivity contribution in [2.75, 3.05) is 4.72 Å². The van der Waals surface area contributed by atoms with Crippen molar-refractivity contribution in [2.45, 2.75) is 10.8 Å². The second-order valence-electron chi connectivity index (χ2n) is 4.87. The van der Waals surface area contributed by atoms with E-state index < -0.39 is 15.8 Å². The first-order valence-electron chi connectivity index (χ1n) is 6.86. The number of nitrogens with one attached hydrogen (secondary N) is 1. The first kappa shape index (κ1) is 17.7. The predicted octanol–water partition coefficient (Wildman–Crippen LogP) is 4.07. The summed E-state index contributed by atoms with van der Waals surface area (Å²) in [5.41, 5.74) is 0.0466. The third-order valence-electron chi connectivity index (χ3n) is 3.17. The molecule has 2 aromatic carbocycles. The van der Waals surface area contributed by atoms with Crippen molar-refractivity contribution < 1.29 is 17.2 Å². The molecule has 6 nitrogen and oxygen atoms in total. The summed E-state index contributed by atoms with van der Waals surface area (Å²) in [7, 11) is -3.95. The van der Waals surface area contributed by atoms with Crippen LogP contribution in [0.25, 0.3) is 11.5 Å². The molecule has 0 aliphatic carbocycles. The normalized spacial score (nSPS) is 11.5. The van der Waals surface area contributed by atoms with Gasteiger partial charge in [0.2, 0.25) is 11.8 Å². The molecule has 0 atom stereocenters. The lowest BCUT2D eigenvalue weighted by molar-refractivity contribution is 0.527. The van der Waals surface area contributed by atoms with Gasteiger partial charge >= 0.3 is 0 Å². The van der Waals surface area contributed by atoms with Crippen LogP contribution in [0.1, 0.15) is 5.89 Å². The Labute approximate surface area is 152 Å². The Bertz CT molecular complexity index is 1010. The fourth-order valence-electron chi connectivity index (χ4n) is 2.03. The summed E-state index contributed by atoms with van der Waals surface area (Å²) in [6.45, 7) is 0. The SMILES string of the molecule is O=S(=O)(Nc1cc(F)c(Cl)cc1-c1nnc(CCl)o1)c1ccccc1. The summed E-state index contributed by atoms with van der Waals surface area (Å²) in [6, 6.07) is 9.79. The van der Waals surface area contributed by atoms with Gasteiger partial charge in [-0.05, 0) is 18.2 Å². The minimum absolute atomic E-state index is 0.0169. The predicted molar refractivity (Wildman–Crippen MR) is 91.5 cm³/mol. The zero-order chi connectivity index (χ0) is 18.0. The third-order valence-corrected chi connectivity index (χ3v) is 5.07. The number of hydrogen-bond donors (Lipinski definition) is 1. The van der Waals surface area contributed by atoms with Gasteiger partial charge in [-0.1, -0.05) is 29.8 Å². The summed E-state index contributed by atoms with van der Waals surface area (Å²) in [5, 5.41) is 7.25. The molecule has 130 valence electrons. The van der Waals surface area contributed by atoms with E-state index >= 15 is 0 Å². The summed E-state index contributed by atoms with van der Waals surface area (Å²) in [6.07, 6.45) is 0. The van der Waals surface area contributed by atoms with E-state index in [2.05, 4.69) is 14.9 Å². The number of alkyl halides is 1. The van der Waals surface area contributed by atoms with Gasteiger partial charge in [-0.2, -0.15) is 0 Å². The Hall–Kier alpha value is -2.16. The molecular weight excluding hydrogens is 392 g/mol. The fourth-order valence-corrected chi connectivity index (χ4v) is 3.39. The van der Waals surface area contributed by atoms with E-state index in [0.717, 1.165) is 6.07 Å². The van der Waals surface area contributed by atoms with Crippen molar-refractivity contribution in [1.29, 1.82) is 0 Å². The van der Waals surface area contributed by atoms with Crippen molar-refractivity contribution >= 4 is 38.9 Å². The number of hydrogen-bond acceptors (Lipinski definition) is 5. The van der Waals surface area contributed by atoms with Crippen LogP contribution >= 0.6 is 23.2 Å². The molecule has 0 amide bonds. The second-order valence-corrected chi connectivity index (χ2v) is 7.22. The highest BCUT2D eigenvalue weighted by Crippen LogP contribution is 2.33. The molecule has 1 aromatic heterocycles. The zero-order valence-corrected chi connectivity index (χ0v) is 14.7. The maximum absolute atomic E-state index is 13.9. The number of benzene rings is 2. The van der Waals surface area contributed by atoms with E-state index in [1.54, 1.807) is 18.2 Å². The largest absolute Gasteiger partial charge is 0.419 e. The van der Waals surface area contributed by atoms with E-state index in [9.17, 15) is 12.8 Å². The molecule has 1 N–H and O–H groups in total. The second kappa shape index (κ2) is 6.99. The molecule has 0 spiro atoms. The van der Waals surface area contributed by atoms with Gasteiger partial charge in [0.25, 0.3) is 10.0 Å². The number of nitrogens with zero attached hydrogens (tertiary/aromatic N) is 2. The monoisotopic (exact) mass is 401 g/mol. The first-order chi connectivity index (χ1) is 11.9. The number of aromatic nitrogens is 2. The number of halogens is 3. The topological polar surface area (TPSA) is 85.1 Å². The molecule has 0 bridgehead atoms. The molecule has 0 aliphatic heterocycles. The van der Waals surface area contributed by atoms with Crippen LogP contribution in [0.15, 0.2) is 51.8 Å². The average molecular weight is 402 g/mol. The van der Waals surface area contributed by atoms with Gasteiger partial charge in [0.15, 0.2) is 0 Å². The Morgan fingerprint density at radius 1 is 1.16 bits per heavy atom. The molecule has 0 saturated carbocycles. The molecular formula is C15H10Cl2FN3O3S. The van der Waals surface area contributed by atoms with E-state index in [1.165, 1.54) is 18.2 Å². The molecule has 0 unspecified atom stereocenters. The van der Waals surface area contributed by atoms with Crippen molar-refractivity contribution in [1.82, 2.24) is 10.2 Å². The van der Waals surface area contributed by atoms with E-state index in [-0.39, 0.29) is 38.8 Å². The van der Waals surface area contributed by atoms with Crippen LogP contribution in [0.5, 0.6) is 0 Å². The minimum atomic E-state index is -3.95. The highest BCUT2D eigenvalue weighted by Gasteiger charge is 2.21. The van der Waals surface area contributed by atoms with Crippen molar-refractivity contribution in [2.24, 2.45) is 0 Å². The van der Waals surface area contributed by atoms with Gasteiger partial charge < -0.3 is 4.42 Å². The molecule has 1 heterocycles. The lowest BCUT2D eigenvalue weighted by Crippen LogP contribution is -2.13. The number of sulfonamides is 1. The third kappa shape index (κ3) is 3.76. The van der Waals surface area contributed by atoms with E-state index in [4.69, 9.17) is 27.6 Å². The molecule has 3 aromatic rings. The van der Waals surface area contributed by atoms with Crippen LogP contribution in [0.3, 0.4) is 0 Å². The molecule has 0 aliphatic rings. The van der Waals surface area contributed by atoms with Gasteiger partial charge in [0, 0.05) is 6.07 Å². The molecule has 3 rings (SSSR count).